The minimum atomic E-state index is 0.418. The molecule has 5 nitrogen and oxygen atoms in total. The van der Waals surface area contributed by atoms with E-state index in [1.807, 2.05) is 13.8 Å². The van der Waals surface area contributed by atoms with Crippen molar-refractivity contribution in [1.82, 2.24) is 15.1 Å². The van der Waals surface area contributed by atoms with Gasteiger partial charge in [0, 0.05) is 11.3 Å². The van der Waals surface area contributed by atoms with Gasteiger partial charge in [-0.1, -0.05) is 5.16 Å². The van der Waals surface area contributed by atoms with Crippen LogP contribution < -0.4 is 0 Å². The van der Waals surface area contributed by atoms with Crippen LogP contribution in [-0.4, -0.2) is 21.4 Å². The normalized spacial score (nSPS) is 10.6. The zero-order chi connectivity index (χ0) is 11.0. The van der Waals surface area contributed by atoms with Crippen molar-refractivity contribution in [3.05, 3.63) is 22.6 Å². The number of H-pyrrole nitrogens is 1. The molecule has 1 N–H and O–H groups in total. The summed E-state index contributed by atoms with van der Waals surface area (Å²) in [7, 11) is 0. The molecular weight excluding hydrogens is 194 g/mol. The van der Waals surface area contributed by atoms with Crippen LogP contribution >= 0.6 is 0 Å². The summed E-state index contributed by atoms with van der Waals surface area (Å²) >= 11 is 0. The lowest BCUT2D eigenvalue weighted by Gasteiger charge is -1.91. The Morgan fingerprint density at radius 1 is 1.33 bits per heavy atom. The summed E-state index contributed by atoms with van der Waals surface area (Å²) in [5, 5.41) is 3.70. The van der Waals surface area contributed by atoms with E-state index in [1.165, 1.54) is 0 Å². The smallest absolute Gasteiger partial charge is 0.274 e. The Bertz CT molecular complexity index is 511. The van der Waals surface area contributed by atoms with Gasteiger partial charge in [-0.05, 0) is 26.3 Å². The molecule has 0 radical (unpaired) electrons. The van der Waals surface area contributed by atoms with Crippen molar-refractivity contribution in [1.29, 1.82) is 0 Å². The van der Waals surface area contributed by atoms with E-state index in [1.54, 1.807) is 6.92 Å². The van der Waals surface area contributed by atoms with E-state index in [0.717, 1.165) is 23.2 Å². The van der Waals surface area contributed by atoms with Gasteiger partial charge >= 0.3 is 0 Å². The highest BCUT2D eigenvalue weighted by Crippen LogP contribution is 2.24. The van der Waals surface area contributed by atoms with Gasteiger partial charge in [-0.15, -0.1) is 0 Å². The van der Waals surface area contributed by atoms with Crippen LogP contribution in [0.3, 0.4) is 0 Å². The van der Waals surface area contributed by atoms with Gasteiger partial charge in [0.05, 0.1) is 0 Å². The van der Waals surface area contributed by atoms with Crippen LogP contribution in [0, 0.1) is 20.8 Å². The zero-order valence-electron chi connectivity index (χ0n) is 8.79. The number of aryl methyl sites for hydroxylation is 2. The van der Waals surface area contributed by atoms with Crippen LogP contribution in [0.5, 0.6) is 0 Å². The fraction of sp³-hybridized carbons (Fsp3) is 0.300. The molecule has 0 spiro atoms. The van der Waals surface area contributed by atoms with Gasteiger partial charge in [-0.25, -0.2) is 0 Å². The average Bonchev–Trinajstić information content (AvgIpc) is 2.71. The molecule has 0 amide bonds. The van der Waals surface area contributed by atoms with E-state index >= 15 is 0 Å². The van der Waals surface area contributed by atoms with Gasteiger partial charge in [0.15, 0.2) is 12.1 Å². The van der Waals surface area contributed by atoms with Crippen molar-refractivity contribution in [3.63, 3.8) is 0 Å². The van der Waals surface area contributed by atoms with Crippen molar-refractivity contribution in [2.24, 2.45) is 0 Å². The first-order valence-electron chi connectivity index (χ1n) is 4.58. The molecular formula is C10H11N3O2. The van der Waals surface area contributed by atoms with E-state index < -0.39 is 0 Å². The number of carbonyl (C=O) groups excluding carboxylic acids is 1. The molecule has 0 bridgehead atoms. The van der Waals surface area contributed by atoms with Crippen molar-refractivity contribution in [3.8, 4) is 11.6 Å². The molecule has 5 heteroatoms. The molecule has 0 aliphatic rings. The molecule has 0 atom stereocenters. The minimum Gasteiger partial charge on any atom is -0.354 e. The second-order valence-electron chi connectivity index (χ2n) is 3.43. The first kappa shape index (κ1) is 9.64. The Balaban J connectivity index is 2.59. The van der Waals surface area contributed by atoms with Crippen LogP contribution in [-0.2, 0) is 0 Å². The number of carbonyl (C=O) groups is 1. The first-order valence-corrected chi connectivity index (χ1v) is 4.58. The molecule has 0 saturated heterocycles. The second kappa shape index (κ2) is 3.34. The number of aromatic amines is 1. The molecule has 78 valence electrons. The molecule has 2 heterocycles. The molecule has 0 aliphatic heterocycles. The van der Waals surface area contributed by atoms with Crippen LogP contribution in [0.15, 0.2) is 4.52 Å². The summed E-state index contributed by atoms with van der Waals surface area (Å²) in [6, 6.07) is 0. The molecule has 0 saturated carbocycles. The number of hydrogen-bond donors (Lipinski definition) is 1. The number of nitrogens with zero attached hydrogens (tertiary/aromatic N) is 2. The highest BCUT2D eigenvalue weighted by Gasteiger charge is 2.16. The predicted molar refractivity (Wildman–Crippen MR) is 53.7 cm³/mol. The summed E-state index contributed by atoms with van der Waals surface area (Å²) in [6.45, 7) is 5.43. The number of aldehydes is 1. The number of nitrogens with one attached hydrogen (secondary N) is 1. The Morgan fingerprint density at radius 3 is 2.53 bits per heavy atom. The van der Waals surface area contributed by atoms with Crippen molar-refractivity contribution < 1.29 is 9.32 Å². The quantitative estimate of drug-likeness (QED) is 0.759. The number of hydrogen-bond acceptors (Lipinski definition) is 4. The predicted octanol–water partition coefficient (Wildman–Crippen LogP) is 1.80. The summed E-state index contributed by atoms with van der Waals surface area (Å²) in [5.74, 6) is 0.991. The fourth-order valence-corrected chi connectivity index (χ4v) is 1.55. The first-order chi connectivity index (χ1) is 7.13. The molecule has 0 aromatic carbocycles. The SMILES string of the molecule is Cc1noc(-c2[nH]c(C)c(C=O)c2C)n1. The lowest BCUT2D eigenvalue weighted by Crippen LogP contribution is -1.83. The lowest BCUT2D eigenvalue weighted by atomic mass is 10.1. The third-order valence-corrected chi connectivity index (χ3v) is 2.35. The standard InChI is InChI=1S/C10H11N3O2/c1-5-8(4-14)6(2)11-9(5)10-12-7(3)13-15-10/h4,11H,1-3H3. The Hall–Kier alpha value is -1.91. The van der Waals surface area contributed by atoms with Gasteiger partial charge in [0.1, 0.15) is 5.69 Å². The Morgan fingerprint density at radius 2 is 2.07 bits per heavy atom. The van der Waals surface area contributed by atoms with E-state index in [-0.39, 0.29) is 0 Å². The average molecular weight is 205 g/mol. The molecule has 0 aliphatic carbocycles. The summed E-state index contributed by atoms with van der Waals surface area (Å²) in [4.78, 5) is 18.0. The maximum Gasteiger partial charge on any atom is 0.274 e. The molecule has 2 aromatic rings. The number of aromatic nitrogens is 3. The van der Waals surface area contributed by atoms with Crippen LogP contribution in [0.1, 0.15) is 27.4 Å². The summed E-state index contributed by atoms with van der Waals surface area (Å²) in [5.41, 5.74) is 3.02. The van der Waals surface area contributed by atoms with Crippen LogP contribution in [0.25, 0.3) is 11.6 Å². The minimum absolute atomic E-state index is 0.418. The van der Waals surface area contributed by atoms with E-state index in [9.17, 15) is 4.79 Å². The third-order valence-electron chi connectivity index (χ3n) is 2.35. The van der Waals surface area contributed by atoms with E-state index in [4.69, 9.17) is 4.52 Å². The van der Waals surface area contributed by atoms with Crippen molar-refractivity contribution in [2.75, 3.05) is 0 Å². The second-order valence-corrected chi connectivity index (χ2v) is 3.43. The van der Waals surface area contributed by atoms with Gasteiger partial charge in [0.25, 0.3) is 5.89 Å². The third kappa shape index (κ3) is 1.45. The molecule has 0 fully saturated rings. The maximum absolute atomic E-state index is 10.8. The lowest BCUT2D eigenvalue weighted by molar-refractivity contribution is 0.112. The van der Waals surface area contributed by atoms with Gasteiger partial charge in [-0.2, -0.15) is 4.98 Å². The number of rotatable bonds is 2. The molecule has 0 unspecified atom stereocenters. The maximum atomic E-state index is 10.8. The topological polar surface area (TPSA) is 71.8 Å². The van der Waals surface area contributed by atoms with Crippen molar-refractivity contribution >= 4 is 6.29 Å². The van der Waals surface area contributed by atoms with Gasteiger partial charge < -0.3 is 9.51 Å². The Kier molecular flexibility index (Phi) is 2.15. The molecule has 2 rings (SSSR count). The zero-order valence-corrected chi connectivity index (χ0v) is 8.79. The highest BCUT2D eigenvalue weighted by molar-refractivity contribution is 5.82. The van der Waals surface area contributed by atoms with Gasteiger partial charge in [0.2, 0.25) is 0 Å². The van der Waals surface area contributed by atoms with Crippen LogP contribution in [0.2, 0.25) is 0 Å². The summed E-state index contributed by atoms with van der Waals surface area (Å²) in [6.07, 6.45) is 0.827. The molecule has 2 aromatic heterocycles. The molecule has 15 heavy (non-hydrogen) atoms. The van der Waals surface area contributed by atoms with E-state index in [0.29, 0.717) is 17.3 Å². The monoisotopic (exact) mass is 205 g/mol. The van der Waals surface area contributed by atoms with Gasteiger partial charge in [-0.3, -0.25) is 4.79 Å². The van der Waals surface area contributed by atoms with Crippen LogP contribution in [0.4, 0.5) is 0 Å². The van der Waals surface area contributed by atoms with Crippen molar-refractivity contribution in [2.45, 2.75) is 20.8 Å². The fourth-order valence-electron chi connectivity index (χ4n) is 1.55. The van der Waals surface area contributed by atoms with E-state index in [2.05, 4.69) is 15.1 Å². The Labute approximate surface area is 86.5 Å². The highest BCUT2D eigenvalue weighted by atomic mass is 16.5. The largest absolute Gasteiger partial charge is 0.354 e. The summed E-state index contributed by atoms with van der Waals surface area (Å²) < 4.78 is 5.04.